The molecule has 1 N–H and O–H groups in total. The lowest BCUT2D eigenvalue weighted by Crippen LogP contribution is -2.23. The van der Waals surface area contributed by atoms with Gasteiger partial charge in [-0.2, -0.15) is 0 Å². The maximum absolute atomic E-state index is 5.83. The molecule has 0 bridgehead atoms. The van der Waals surface area contributed by atoms with Crippen molar-refractivity contribution < 1.29 is 4.74 Å². The topological polar surface area (TPSA) is 21.3 Å². The van der Waals surface area contributed by atoms with Gasteiger partial charge in [-0.1, -0.05) is 31.4 Å². The van der Waals surface area contributed by atoms with E-state index in [1.54, 1.807) is 0 Å². The second-order valence-electron chi connectivity index (χ2n) is 5.74. The molecule has 1 atom stereocenters. The van der Waals surface area contributed by atoms with Gasteiger partial charge in [0.2, 0.25) is 0 Å². The molecule has 18 heavy (non-hydrogen) atoms. The zero-order valence-electron chi connectivity index (χ0n) is 11.8. The lowest BCUT2D eigenvalue weighted by Gasteiger charge is -2.29. The number of para-hydroxylation sites is 2. The third kappa shape index (κ3) is 3.66. The summed E-state index contributed by atoms with van der Waals surface area (Å²) >= 11 is 0. The Morgan fingerprint density at radius 3 is 2.56 bits per heavy atom. The van der Waals surface area contributed by atoms with Gasteiger partial charge in [0.15, 0.2) is 0 Å². The third-order valence-electron chi connectivity index (χ3n) is 3.56. The molecule has 0 radical (unpaired) electrons. The number of nitrogens with one attached hydrogen (secondary N) is 1. The predicted molar refractivity (Wildman–Crippen MR) is 77.2 cm³/mol. The van der Waals surface area contributed by atoms with Crippen LogP contribution in [0.3, 0.4) is 0 Å². The van der Waals surface area contributed by atoms with Crippen molar-refractivity contribution in [2.75, 3.05) is 5.32 Å². The van der Waals surface area contributed by atoms with Gasteiger partial charge in [0.25, 0.3) is 0 Å². The standard InChI is InChI=1S/C16H25NO/c1-12(2)18-16-10-5-4-9-15(16)17-13(3)11-14-7-6-8-14/h4-5,9-10,12-14,17H,6-8,11H2,1-3H3. The van der Waals surface area contributed by atoms with Gasteiger partial charge >= 0.3 is 0 Å². The number of rotatable bonds is 6. The molecule has 0 amide bonds. The molecule has 100 valence electrons. The first kappa shape index (κ1) is 13.3. The summed E-state index contributed by atoms with van der Waals surface area (Å²) in [5, 5.41) is 3.59. The summed E-state index contributed by atoms with van der Waals surface area (Å²) in [6.45, 7) is 6.40. The maximum Gasteiger partial charge on any atom is 0.142 e. The molecule has 1 aromatic rings. The highest BCUT2D eigenvalue weighted by atomic mass is 16.5. The summed E-state index contributed by atoms with van der Waals surface area (Å²) in [6, 6.07) is 8.76. The Balaban J connectivity index is 1.94. The second-order valence-corrected chi connectivity index (χ2v) is 5.74. The van der Waals surface area contributed by atoms with Gasteiger partial charge in [-0.25, -0.2) is 0 Å². The van der Waals surface area contributed by atoms with E-state index in [2.05, 4.69) is 38.2 Å². The molecule has 0 aromatic heterocycles. The fraction of sp³-hybridized carbons (Fsp3) is 0.625. The Labute approximate surface area is 111 Å². The van der Waals surface area contributed by atoms with E-state index in [4.69, 9.17) is 4.74 Å². The first-order valence-corrected chi connectivity index (χ1v) is 7.17. The van der Waals surface area contributed by atoms with E-state index >= 15 is 0 Å². The third-order valence-corrected chi connectivity index (χ3v) is 3.56. The van der Waals surface area contributed by atoms with E-state index in [-0.39, 0.29) is 6.10 Å². The van der Waals surface area contributed by atoms with Crippen LogP contribution in [0.25, 0.3) is 0 Å². The van der Waals surface area contributed by atoms with Crippen LogP contribution in [0.15, 0.2) is 24.3 Å². The summed E-state index contributed by atoms with van der Waals surface area (Å²) in [5.74, 6) is 1.90. The van der Waals surface area contributed by atoms with Crippen molar-refractivity contribution in [3.8, 4) is 5.75 Å². The Bertz CT molecular complexity index is 371. The van der Waals surface area contributed by atoms with Gasteiger partial charge in [0.1, 0.15) is 5.75 Å². The van der Waals surface area contributed by atoms with E-state index in [1.807, 2.05) is 12.1 Å². The molecule has 0 heterocycles. The molecule has 2 heteroatoms. The van der Waals surface area contributed by atoms with Crippen LogP contribution in [0.5, 0.6) is 5.75 Å². The summed E-state index contributed by atoms with van der Waals surface area (Å²) in [5.41, 5.74) is 1.12. The maximum atomic E-state index is 5.83. The van der Waals surface area contributed by atoms with Crippen LogP contribution in [-0.4, -0.2) is 12.1 Å². The van der Waals surface area contributed by atoms with Gasteiger partial charge in [-0.3, -0.25) is 0 Å². The molecule has 2 nitrogen and oxygen atoms in total. The molecule has 0 aliphatic heterocycles. The lowest BCUT2D eigenvalue weighted by molar-refractivity contribution is 0.243. The minimum atomic E-state index is 0.217. The van der Waals surface area contributed by atoms with Crippen LogP contribution in [0.1, 0.15) is 46.5 Å². The molecule has 1 unspecified atom stereocenters. The van der Waals surface area contributed by atoms with Gasteiger partial charge in [-0.05, 0) is 45.2 Å². The number of hydrogen-bond acceptors (Lipinski definition) is 2. The number of ether oxygens (including phenoxy) is 1. The Hall–Kier alpha value is -1.18. The molecule has 1 fully saturated rings. The predicted octanol–water partition coefficient (Wildman–Crippen LogP) is 4.46. The monoisotopic (exact) mass is 247 g/mol. The molecule has 1 aliphatic carbocycles. The summed E-state index contributed by atoms with van der Waals surface area (Å²) in [6.07, 6.45) is 5.74. The van der Waals surface area contributed by atoms with Gasteiger partial charge in [-0.15, -0.1) is 0 Å². The number of benzene rings is 1. The van der Waals surface area contributed by atoms with Gasteiger partial charge in [0.05, 0.1) is 11.8 Å². The number of hydrogen-bond donors (Lipinski definition) is 1. The van der Waals surface area contributed by atoms with Crippen molar-refractivity contribution in [2.24, 2.45) is 5.92 Å². The minimum Gasteiger partial charge on any atom is -0.489 e. The highest BCUT2D eigenvalue weighted by Crippen LogP contribution is 2.32. The zero-order chi connectivity index (χ0) is 13.0. The van der Waals surface area contributed by atoms with Crippen LogP contribution < -0.4 is 10.1 Å². The second kappa shape index (κ2) is 6.12. The van der Waals surface area contributed by atoms with Gasteiger partial charge < -0.3 is 10.1 Å². The summed E-state index contributed by atoms with van der Waals surface area (Å²) in [7, 11) is 0. The van der Waals surface area contributed by atoms with Gasteiger partial charge in [0, 0.05) is 6.04 Å². The van der Waals surface area contributed by atoms with E-state index in [0.29, 0.717) is 6.04 Å². The fourth-order valence-electron chi connectivity index (χ4n) is 2.50. The summed E-state index contributed by atoms with van der Waals surface area (Å²) in [4.78, 5) is 0. The average molecular weight is 247 g/mol. The largest absolute Gasteiger partial charge is 0.489 e. The highest BCUT2D eigenvalue weighted by Gasteiger charge is 2.20. The molecular weight excluding hydrogens is 222 g/mol. The molecule has 1 aromatic carbocycles. The van der Waals surface area contributed by atoms with Crippen LogP contribution in [0.2, 0.25) is 0 Å². The Morgan fingerprint density at radius 1 is 1.22 bits per heavy atom. The first-order chi connectivity index (χ1) is 8.65. The average Bonchev–Trinajstić information content (AvgIpc) is 2.26. The van der Waals surface area contributed by atoms with E-state index in [0.717, 1.165) is 17.4 Å². The van der Waals surface area contributed by atoms with E-state index < -0.39 is 0 Å². The van der Waals surface area contributed by atoms with Crippen molar-refractivity contribution in [3.05, 3.63) is 24.3 Å². The van der Waals surface area contributed by atoms with Crippen molar-refractivity contribution in [2.45, 2.75) is 58.6 Å². The van der Waals surface area contributed by atoms with E-state index in [9.17, 15) is 0 Å². The normalized spacial score (nSPS) is 17.3. The lowest BCUT2D eigenvalue weighted by atomic mass is 9.81. The highest BCUT2D eigenvalue weighted by molar-refractivity contribution is 5.56. The van der Waals surface area contributed by atoms with Crippen LogP contribution >= 0.6 is 0 Å². The fourth-order valence-corrected chi connectivity index (χ4v) is 2.50. The van der Waals surface area contributed by atoms with E-state index in [1.165, 1.54) is 25.7 Å². The molecular formula is C16H25NO. The van der Waals surface area contributed by atoms with Crippen LogP contribution in [-0.2, 0) is 0 Å². The minimum absolute atomic E-state index is 0.217. The Morgan fingerprint density at radius 2 is 1.94 bits per heavy atom. The SMILES string of the molecule is CC(CC1CCC1)Nc1ccccc1OC(C)C. The van der Waals surface area contributed by atoms with Crippen molar-refractivity contribution in [1.29, 1.82) is 0 Å². The summed E-state index contributed by atoms with van der Waals surface area (Å²) < 4.78 is 5.83. The van der Waals surface area contributed by atoms with Crippen molar-refractivity contribution in [1.82, 2.24) is 0 Å². The number of anilines is 1. The van der Waals surface area contributed by atoms with Crippen LogP contribution in [0, 0.1) is 5.92 Å². The molecule has 2 rings (SSSR count). The quantitative estimate of drug-likeness (QED) is 0.801. The first-order valence-electron chi connectivity index (χ1n) is 7.17. The zero-order valence-corrected chi connectivity index (χ0v) is 11.8. The molecule has 0 saturated heterocycles. The van der Waals surface area contributed by atoms with Crippen LogP contribution in [0.4, 0.5) is 5.69 Å². The van der Waals surface area contributed by atoms with Crippen molar-refractivity contribution >= 4 is 5.69 Å². The molecule has 0 spiro atoms. The van der Waals surface area contributed by atoms with Crippen molar-refractivity contribution in [3.63, 3.8) is 0 Å². The smallest absolute Gasteiger partial charge is 0.142 e. The molecule has 1 saturated carbocycles. The Kier molecular flexibility index (Phi) is 4.51. The molecule has 1 aliphatic rings.